The van der Waals surface area contributed by atoms with Crippen molar-refractivity contribution in [3.63, 3.8) is 0 Å². The molecule has 5 nitrogen and oxygen atoms in total. The topological polar surface area (TPSA) is 41.0 Å². The van der Waals surface area contributed by atoms with Crippen LogP contribution in [0.3, 0.4) is 0 Å². The summed E-state index contributed by atoms with van der Waals surface area (Å²) in [4.78, 5) is 3.68. The second-order valence-corrected chi connectivity index (χ2v) is 6.19. The second kappa shape index (κ2) is 8.92. The first-order valence-electron chi connectivity index (χ1n) is 7.84. The third kappa shape index (κ3) is 5.79. The van der Waals surface area contributed by atoms with Crippen molar-refractivity contribution in [2.75, 3.05) is 58.4 Å². The monoisotopic (exact) mass is 323 g/mol. The number of nitrogens with one attached hydrogen (secondary N) is 3. The lowest BCUT2D eigenvalue weighted by Crippen LogP contribution is -3.14. The smallest absolute Gasteiger partial charge is 0.166 e. The van der Waals surface area contributed by atoms with Gasteiger partial charge in [-0.05, 0) is 29.9 Å². The first kappa shape index (κ1) is 17.0. The lowest BCUT2D eigenvalue weighted by molar-refractivity contribution is -0.906. The second-order valence-electron chi connectivity index (χ2n) is 5.78. The molecule has 0 aromatic heterocycles. The zero-order chi connectivity index (χ0) is 15.8. The first-order chi connectivity index (χ1) is 10.6. The average Bonchev–Trinajstić information content (AvgIpc) is 2.54. The van der Waals surface area contributed by atoms with E-state index in [9.17, 15) is 0 Å². The van der Waals surface area contributed by atoms with E-state index in [1.54, 1.807) is 4.90 Å². The highest BCUT2D eigenvalue weighted by molar-refractivity contribution is 7.80. The van der Waals surface area contributed by atoms with Crippen molar-refractivity contribution in [2.24, 2.45) is 0 Å². The Morgan fingerprint density at radius 1 is 1.18 bits per heavy atom. The van der Waals surface area contributed by atoms with Crippen molar-refractivity contribution in [3.8, 4) is 0 Å². The summed E-state index contributed by atoms with van der Waals surface area (Å²) in [5, 5.41) is 7.26. The number of quaternary nitrogens is 1. The summed E-state index contributed by atoms with van der Waals surface area (Å²) in [5.74, 6) is 0. The predicted octanol–water partition coefficient (Wildman–Crippen LogP) is -0.368. The third-order valence-corrected chi connectivity index (χ3v) is 4.16. The fraction of sp³-hybridized carbons (Fsp3) is 0.562. The molecule has 0 radical (unpaired) electrons. The van der Waals surface area contributed by atoms with E-state index in [1.807, 2.05) is 14.1 Å². The molecule has 0 bridgehead atoms. The van der Waals surface area contributed by atoms with E-state index in [-0.39, 0.29) is 0 Å². The molecule has 1 aromatic rings. The largest absolute Gasteiger partial charge is 0.378 e. The van der Waals surface area contributed by atoms with Crippen LogP contribution in [0.5, 0.6) is 0 Å². The lowest BCUT2D eigenvalue weighted by atomic mass is 10.2. The minimum Gasteiger partial charge on any atom is -0.378 e. The molecule has 0 unspecified atom stereocenters. The highest BCUT2D eigenvalue weighted by atomic mass is 32.1. The Balaban J connectivity index is 1.62. The van der Waals surface area contributed by atoms with E-state index in [4.69, 9.17) is 17.0 Å². The van der Waals surface area contributed by atoms with E-state index in [2.05, 4.69) is 39.8 Å². The summed E-state index contributed by atoms with van der Waals surface area (Å²) in [5.41, 5.74) is 2.44. The molecule has 22 heavy (non-hydrogen) atoms. The predicted molar refractivity (Wildman–Crippen MR) is 94.6 cm³/mol. The van der Waals surface area contributed by atoms with Crippen LogP contribution >= 0.6 is 12.2 Å². The maximum absolute atomic E-state index is 5.36. The van der Waals surface area contributed by atoms with Crippen LogP contribution in [0.2, 0.25) is 0 Å². The van der Waals surface area contributed by atoms with Gasteiger partial charge in [-0.15, -0.1) is 0 Å². The molecule has 1 saturated heterocycles. The van der Waals surface area contributed by atoms with Crippen LogP contribution in [0.15, 0.2) is 24.3 Å². The zero-order valence-corrected chi connectivity index (χ0v) is 14.3. The molecule has 122 valence electrons. The van der Waals surface area contributed by atoms with Crippen molar-refractivity contribution in [2.45, 2.75) is 6.54 Å². The van der Waals surface area contributed by atoms with Gasteiger partial charge < -0.3 is 25.2 Å². The molecular weight excluding hydrogens is 296 g/mol. The van der Waals surface area contributed by atoms with Crippen LogP contribution in [0, 0.1) is 0 Å². The maximum atomic E-state index is 5.36. The Hall–Kier alpha value is -1.37. The summed E-state index contributed by atoms with van der Waals surface area (Å²) < 4.78 is 5.36. The van der Waals surface area contributed by atoms with Gasteiger partial charge in [-0.2, -0.15) is 0 Å². The Kier molecular flexibility index (Phi) is 6.89. The van der Waals surface area contributed by atoms with E-state index in [1.165, 1.54) is 11.3 Å². The molecule has 6 heteroatoms. The molecule has 1 heterocycles. The fourth-order valence-corrected chi connectivity index (χ4v) is 2.59. The summed E-state index contributed by atoms with van der Waals surface area (Å²) in [6.45, 7) is 6.69. The van der Waals surface area contributed by atoms with Gasteiger partial charge in [-0.1, -0.05) is 12.1 Å². The average molecular weight is 323 g/mol. The van der Waals surface area contributed by atoms with Gasteiger partial charge in [0.15, 0.2) is 5.11 Å². The van der Waals surface area contributed by atoms with Crippen LogP contribution < -0.4 is 20.4 Å². The van der Waals surface area contributed by atoms with Crippen molar-refractivity contribution in [3.05, 3.63) is 29.8 Å². The lowest BCUT2D eigenvalue weighted by Gasteiger charge is -2.24. The number of morpholine rings is 1. The maximum Gasteiger partial charge on any atom is 0.166 e. The van der Waals surface area contributed by atoms with E-state index < -0.39 is 0 Å². The van der Waals surface area contributed by atoms with Gasteiger partial charge in [-0.3, -0.25) is 0 Å². The van der Waals surface area contributed by atoms with Crippen molar-refractivity contribution >= 4 is 23.0 Å². The Morgan fingerprint density at radius 3 is 2.50 bits per heavy atom. The molecule has 1 aromatic carbocycles. The Bertz CT molecular complexity index is 458. The molecule has 0 atom stereocenters. The molecule has 3 N–H and O–H groups in total. The molecule has 0 spiro atoms. The summed E-state index contributed by atoms with van der Waals surface area (Å²) >= 11 is 5.32. The van der Waals surface area contributed by atoms with Gasteiger partial charge in [0, 0.05) is 26.3 Å². The molecular formula is C16H27N4OS+. The molecule has 2 rings (SSSR count). The summed E-state index contributed by atoms with van der Waals surface area (Å²) in [7, 11) is 4.09. The van der Waals surface area contributed by atoms with Gasteiger partial charge in [0.1, 0.15) is 13.1 Å². The van der Waals surface area contributed by atoms with Crippen molar-refractivity contribution in [1.82, 2.24) is 10.6 Å². The van der Waals surface area contributed by atoms with Gasteiger partial charge in [0.2, 0.25) is 0 Å². The van der Waals surface area contributed by atoms with Crippen molar-refractivity contribution in [1.29, 1.82) is 0 Å². The SMILES string of the molecule is CN(C)c1ccc(CNC(=S)NCC[NH+]2CCOCC2)cc1. The van der Waals surface area contributed by atoms with Crippen molar-refractivity contribution < 1.29 is 9.64 Å². The molecule has 0 aliphatic carbocycles. The first-order valence-corrected chi connectivity index (χ1v) is 8.25. The van der Waals surface area contributed by atoms with Gasteiger partial charge in [0.05, 0.1) is 26.3 Å². The minimum atomic E-state index is 0.726. The van der Waals surface area contributed by atoms with Crippen LogP contribution in [-0.2, 0) is 11.3 Å². The number of thiocarbonyl (C=S) groups is 1. The third-order valence-electron chi connectivity index (χ3n) is 3.87. The highest BCUT2D eigenvalue weighted by Crippen LogP contribution is 2.11. The number of hydrogen-bond donors (Lipinski definition) is 3. The Labute approximate surface area is 138 Å². The number of benzene rings is 1. The number of ether oxygens (including phenoxy) is 1. The summed E-state index contributed by atoms with van der Waals surface area (Å²) in [6.07, 6.45) is 0. The number of rotatable bonds is 6. The number of nitrogens with zero attached hydrogens (tertiary/aromatic N) is 1. The number of hydrogen-bond acceptors (Lipinski definition) is 3. The van der Waals surface area contributed by atoms with Gasteiger partial charge >= 0.3 is 0 Å². The minimum absolute atomic E-state index is 0.726. The highest BCUT2D eigenvalue weighted by Gasteiger charge is 2.12. The van der Waals surface area contributed by atoms with Gasteiger partial charge in [-0.25, -0.2) is 0 Å². The van der Waals surface area contributed by atoms with Crippen LogP contribution in [0.4, 0.5) is 5.69 Å². The van der Waals surface area contributed by atoms with Gasteiger partial charge in [0.25, 0.3) is 0 Å². The van der Waals surface area contributed by atoms with Crippen LogP contribution in [0.1, 0.15) is 5.56 Å². The zero-order valence-electron chi connectivity index (χ0n) is 13.5. The quantitative estimate of drug-likeness (QED) is 0.624. The molecule has 0 amide bonds. The van der Waals surface area contributed by atoms with E-state index in [0.29, 0.717) is 0 Å². The molecule has 1 aliphatic heterocycles. The van der Waals surface area contributed by atoms with E-state index >= 15 is 0 Å². The van der Waals surface area contributed by atoms with E-state index in [0.717, 1.165) is 51.0 Å². The normalized spacial score (nSPS) is 15.4. The van der Waals surface area contributed by atoms with Crippen LogP contribution in [-0.4, -0.2) is 58.6 Å². The molecule has 0 saturated carbocycles. The number of anilines is 1. The fourth-order valence-electron chi connectivity index (χ4n) is 2.42. The standard InChI is InChI=1S/C16H26N4OS/c1-19(2)15-5-3-14(4-6-15)13-18-16(22)17-7-8-20-9-11-21-12-10-20/h3-6H,7-13H2,1-2H3,(H2,17,18,22)/p+1. The molecule has 1 fully saturated rings. The molecule has 1 aliphatic rings. The summed E-state index contributed by atoms with van der Waals surface area (Å²) in [6, 6.07) is 8.50. The Morgan fingerprint density at radius 2 is 1.86 bits per heavy atom. The van der Waals surface area contributed by atoms with Crippen LogP contribution in [0.25, 0.3) is 0 Å².